The zero-order valence-corrected chi connectivity index (χ0v) is 14.8. The molecule has 1 aliphatic rings. The van der Waals surface area contributed by atoms with Crippen molar-refractivity contribution in [1.29, 1.82) is 5.26 Å². The molecular weight excluding hydrogens is 258 g/mol. The highest BCUT2D eigenvalue weighted by Crippen LogP contribution is 2.29. The summed E-state index contributed by atoms with van der Waals surface area (Å²) in [5.74, 6) is 0. The average molecular weight is 293 g/mol. The van der Waals surface area contributed by atoms with Gasteiger partial charge in [0.25, 0.3) is 0 Å². The fraction of sp³-hybridized carbons (Fsp3) is 0.944. The van der Waals surface area contributed by atoms with E-state index in [-0.39, 0.29) is 5.54 Å². The fourth-order valence-corrected chi connectivity index (χ4v) is 3.31. The van der Waals surface area contributed by atoms with Gasteiger partial charge in [0.05, 0.1) is 6.07 Å². The van der Waals surface area contributed by atoms with Crippen molar-refractivity contribution in [3.8, 4) is 6.07 Å². The first-order valence-electron chi connectivity index (χ1n) is 8.68. The van der Waals surface area contributed by atoms with Crippen LogP contribution in [0.4, 0.5) is 0 Å². The lowest BCUT2D eigenvalue weighted by Crippen LogP contribution is -2.45. The van der Waals surface area contributed by atoms with E-state index in [1.165, 1.54) is 45.3 Å². The van der Waals surface area contributed by atoms with Gasteiger partial charge in [0.15, 0.2) is 0 Å². The second-order valence-corrected chi connectivity index (χ2v) is 8.06. The Hall–Kier alpha value is -0.590. The van der Waals surface area contributed by atoms with Gasteiger partial charge in [0, 0.05) is 6.04 Å². The van der Waals surface area contributed by atoms with E-state index >= 15 is 0 Å². The van der Waals surface area contributed by atoms with Crippen LogP contribution in [0.3, 0.4) is 0 Å². The van der Waals surface area contributed by atoms with Gasteiger partial charge in [-0.15, -0.1) is 0 Å². The van der Waals surface area contributed by atoms with Gasteiger partial charge < -0.3 is 4.90 Å². The van der Waals surface area contributed by atoms with E-state index in [1.54, 1.807) is 0 Å². The average Bonchev–Trinajstić information content (AvgIpc) is 2.55. The van der Waals surface area contributed by atoms with Crippen LogP contribution in [0.25, 0.3) is 0 Å². The Morgan fingerprint density at radius 2 is 1.95 bits per heavy atom. The van der Waals surface area contributed by atoms with Crippen molar-refractivity contribution in [2.75, 3.05) is 19.6 Å². The van der Waals surface area contributed by atoms with E-state index in [0.29, 0.717) is 11.5 Å². The number of unbranched alkanes of at least 4 members (excludes halogenated alkanes) is 1. The first-order valence-corrected chi connectivity index (χ1v) is 8.68. The molecule has 1 atom stereocenters. The van der Waals surface area contributed by atoms with Gasteiger partial charge in [-0.05, 0) is 84.3 Å². The van der Waals surface area contributed by atoms with Crippen LogP contribution in [-0.4, -0.2) is 36.1 Å². The number of likely N-dealkylation sites (tertiary alicyclic amines) is 1. The van der Waals surface area contributed by atoms with Crippen LogP contribution in [0.2, 0.25) is 0 Å². The highest BCUT2D eigenvalue weighted by molar-refractivity contribution is 5.04. The summed E-state index contributed by atoms with van der Waals surface area (Å²) in [5.41, 5.74) is 0.157. The summed E-state index contributed by atoms with van der Waals surface area (Å²) in [6.45, 7) is 14.7. The second-order valence-electron chi connectivity index (χ2n) is 8.06. The molecule has 1 aliphatic heterocycles. The summed E-state index contributed by atoms with van der Waals surface area (Å²) in [7, 11) is 0. The molecule has 0 amide bonds. The third kappa shape index (κ3) is 7.29. The summed E-state index contributed by atoms with van der Waals surface area (Å²) >= 11 is 0. The molecule has 0 radical (unpaired) electrons. The Morgan fingerprint density at radius 3 is 2.57 bits per heavy atom. The lowest BCUT2D eigenvalue weighted by molar-refractivity contribution is 0.253. The van der Waals surface area contributed by atoms with Crippen molar-refractivity contribution in [1.82, 2.24) is 10.2 Å². The molecule has 1 heterocycles. The Bertz CT molecular complexity index is 343. The van der Waals surface area contributed by atoms with E-state index < -0.39 is 0 Å². The summed E-state index contributed by atoms with van der Waals surface area (Å²) in [4.78, 5) is 2.62. The first kappa shape index (κ1) is 18.5. The largest absolute Gasteiger partial charge is 0.303 e. The zero-order valence-electron chi connectivity index (χ0n) is 14.8. The van der Waals surface area contributed by atoms with Crippen LogP contribution in [0.5, 0.6) is 0 Å². The minimum Gasteiger partial charge on any atom is -0.303 e. The predicted molar refractivity (Wildman–Crippen MR) is 90.2 cm³/mol. The number of rotatable bonds is 7. The molecule has 1 fully saturated rings. The molecule has 122 valence electrons. The van der Waals surface area contributed by atoms with Crippen molar-refractivity contribution in [2.24, 2.45) is 5.41 Å². The fourth-order valence-electron chi connectivity index (χ4n) is 3.31. The number of nitrogens with one attached hydrogen (secondary N) is 1. The maximum atomic E-state index is 9.35. The van der Waals surface area contributed by atoms with Crippen molar-refractivity contribution in [2.45, 2.75) is 84.7 Å². The van der Waals surface area contributed by atoms with Gasteiger partial charge in [0.1, 0.15) is 5.54 Å². The van der Waals surface area contributed by atoms with E-state index in [4.69, 9.17) is 0 Å². The van der Waals surface area contributed by atoms with Gasteiger partial charge in [-0.3, -0.25) is 5.32 Å². The summed E-state index contributed by atoms with van der Waals surface area (Å²) in [6.07, 6.45) is 7.28. The molecule has 1 N–H and O–H groups in total. The van der Waals surface area contributed by atoms with Crippen molar-refractivity contribution in [3.63, 3.8) is 0 Å². The van der Waals surface area contributed by atoms with E-state index in [9.17, 15) is 5.26 Å². The van der Waals surface area contributed by atoms with E-state index in [0.717, 1.165) is 12.8 Å². The van der Waals surface area contributed by atoms with Crippen LogP contribution in [0.1, 0.15) is 73.1 Å². The second kappa shape index (κ2) is 8.15. The molecule has 3 heteroatoms. The van der Waals surface area contributed by atoms with E-state index in [2.05, 4.69) is 44.0 Å². The quantitative estimate of drug-likeness (QED) is 0.722. The van der Waals surface area contributed by atoms with Crippen molar-refractivity contribution >= 4 is 0 Å². The SMILES string of the molecule is CC(C)NC(C)(C#N)CCCCN1CCCC(C)(C)CC1. The topological polar surface area (TPSA) is 39.1 Å². The Kier molecular flexibility index (Phi) is 7.16. The number of hydrogen-bond donors (Lipinski definition) is 1. The minimum atomic E-state index is -0.366. The van der Waals surface area contributed by atoms with Crippen LogP contribution in [0, 0.1) is 16.7 Å². The molecule has 3 nitrogen and oxygen atoms in total. The van der Waals surface area contributed by atoms with Crippen molar-refractivity contribution < 1.29 is 0 Å². The monoisotopic (exact) mass is 293 g/mol. The molecule has 1 rings (SSSR count). The Labute approximate surface area is 132 Å². The van der Waals surface area contributed by atoms with Crippen LogP contribution < -0.4 is 5.32 Å². The Balaban J connectivity index is 2.26. The minimum absolute atomic E-state index is 0.363. The maximum Gasteiger partial charge on any atom is 0.104 e. The maximum absolute atomic E-state index is 9.35. The van der Waals surface area contributed by atoms with E-state index in [1.807, 2.05) is 6.92 Å². The van der Waals surface area contributed by atoms with Gasteiger partial charge in [0.2, 0.25) is 0 Å². The van der Waals surface area contributed by atoms with Gasteiger partial charge in [-0.25, -0.2) is 0 Å². The molecule has 1 saturated heterocycles. The van der Waals surface area contributed by atoms with Gasteiger partial charge in [-0.2, -0.15) is 5.26 Å². The van der Waals surface area contributed by atoms with Gasteiger partial charge in [-0.1, -0.05) is 13.8 Å². The summed E-state index contributed by atoms with van der Waals surface area (Å²) in [6, 6.07) is 2.81. The van der Waals surface area contributed by atoms with Crippen LogP contribution in [-0.2, 0) is 0 Å². The molecule has 0 aromatic heterocycles. The molecule has 0 aliphatic carbocycles. The standard InChI is InChI=1S/C18H35N3/c1-16(2)20-18(5,15-19)10-6-7-12-21-13-8-9-17(3,4)11-14-21/h16,20H,6-14H2,1-5H3. The number of nitrogens with zero attached hydrogens (tertiary/aromatic N) is 2. The normalized spacial score (nSPS) is 22.5. The molecule has 21 heavy (non-hydrogen) atoms. The molecule has 0 spiro atoms. The summed E-state index contributed by atoms with van der Waals surface area (Å²) < 4.78 is 0. The number of hydrogen-bond acceptors (Lipinski definition) is 3. The Morgan fingerprint density at radius 1 is 1.24 bits per heavy atom. The van der Waals surface area contributed by atoms with Crippen molar-refractivity contribution in [3.05, 3.63) is 0 Å². The highest BCUT2D eigenvalue weighted by atomic mass is 15.1. The third-order valence-corrected chi connectivity index (χ3v) is 4.69. The smallest absolute Gasteiger partial charge is 0.104 e. The van der Waals surface area contributed by atoms with Crippen LogP contribution >= 0.6 is 0 Å². The first-order chi connectivity index (χ1) is 9.76. The predicted octanol–water partition coefficient (Wildman–Crippen LogP) is 3.95. The highest BCUT2D eigenvalue weighted by Gasteiger charge is 2.25. The van der Waals surface area contributed by atoms with Crippen LogP contribution in [0.15, 0.2) is 0 Å². The lowest BCUT2D eigenvalue weighted by Gasteiger charge is -2.27. The molecule has 1 unspecified atom stereocenters. The molecule has 0 bridgehead atoms. The summed E-state index contributed by atoms with van der Waals surface area (Å²) in [5, 5.41) is 12.7. The molecule has 0 aromatic rings. The third-order valence-electron chi connectivity index (χ3n) is 4.69. The van der Waals surface area contributed by atoms with Gasteiger partial charge >= 0.3 is 0 Å². The lowest BCUT2D eigenvalue weighted by atomic mass is 9.85. The molecule has 0 saturated carbocycles. The zero-order chi connectivity index (χ0) is 15.9. The molecule has 0 aromatic carbocycles. The number of nitriles is 1. The molecular formula is C18H35N3.